The summed E-state index contributed by atoms with van der Waals surface area (Å²) in [7, 11) is 0. The molecule has 3 aliphatic rings. The minimum atomic E-state index is 1.27. The average molecular weight is 91.1 g/mol. The summed E-state index contributed by atoms with van der Waals surface area (Å²) in [5.74, 6) is 0. The number of allylic oxidation sites excluding steroid dienone is 2. The van der Waals surface area contributed by atoms with Gasteiger partial charge in [0.05, 0.1) is 6.54 Å². The molecule has 1 fully saturated rings. The second-order valence-corrected chi connectivity index (χ2v) is 2.30. The number of hydrogen-bond acceptors (Lipinski definition) is 1. The van der Waals surface area contributed by atoms with Crippen LogP contribution >= 0.6 is 0 Å². The molecule has 1 nitrogen and oxygen atoms in total. The van der Waals surface area contributed by atoms with Crippen molar-refractivity contribution in [2.75, 3.05) is 6.54 Å². The van der Waals surface area contributed by atoms with E-state index in [9.17, 15) is 0 Å². The molecular formula is C6H5N. The molecule has 2 heterocycles. The minimum absolute atomic E-state index is 1.27. The molecule has 0 spiro atoms. The zero-order chi connectivity index (χ0) is 4.43. The van der Waals surface area contributed by atoms with Gasteiger partial charge in [0.1, 0.15) is 0 Å². The molecule has 7 heavy (non-hydrogen) atoms. The molecule has 0 aromatic carbocycles. The molecule has 0 aromatic heterocycles. The number of hydrogen-bond donors (Lipinski definition) is 0. The van der Waals surface area contributed by atoms with Crippen LogP contribution in [0, 0.1) is 0 Å². The zero-order valence-corrected chi connectivity index (χ0v) is 3.94. The molecular weight excluding hydrogens is 86.1 g/mol. The van der Waals surface area contributed by atoms with E-state index in [1.807, 2.05) is 0 Å². The Labute approximate surface area is 41.9 Å². The van der Waals surface area contributed by atoms with Crippen molar-refractivity contribution in [3.05, 3.63) is 23.0 Å². The van der Waals surface area contributed by atoms with Crippen molar-refractivity contribution in [2.24, 2.45) is 0 Å². The smallest absolute Gasteiger partial charge is 0.0635 e. The van der Waals surface area contributed by atoms with Gasteiger partial charge < -0.3 is 4.90 Å². The van der Waals surface area contributed by atoms with E-state index in [-0.39, 0.29) is 0 Å². The molecule has 0 N–H and O–H groups in total. The highest BCUT2D eigenvalue weighted by Gasteiger charge is 2.46. The van der Waals surface area contributed by atoms with E-state index < -0.39 is 0 Å². The fraction of sp³-hybridized carbons (Fsp3) is 0.333. The average Bonchev–Trinajstić information content (AvgIpc) is 2.14. The summed E-state index contributed by atoms with van der Waals surface area (Å²) in [6.07, 6.45) is 3.56. The topological polar surface area (TPSA) is 3.01 Å². The van der Waals surface area contributed by atoms with Crippen molar-refractivity contribution in [2.45, 2.75) is 6.42 Å². The van der Waals surface area contributed by atoms with Crippen LogP contribution in [-0.2, 0) is 0 Å². The van der Waals surface area contributed by atoms with Crippen LogP contribution in [0.3, 0.4) is 0 Å². The largest absolute Gasteiger partial charge is 0.337 e. The van der Waals surface area contributed by atoms with Gasteiger partial charge in [0.25, 0.3) is 0 Å². The van der Waals surface area contributed by atoms with Gasteiger partial charge in [-0.1, -0.05) is 6.08 Å². The monoisotopic (exact) mass is 91.0 g/mol. The lowest BCUT2D eigenvalue weighted by Crippen LogP contribution is -2.15. The molecule has 0 saturated carbocycles. The van der Waals surface area contributed by atoms with E-state index in [2.05, 4.69) is 11.0 Å². The predicted molar refractivity (Wildman–Crippen MR) is 26.4 cm³/mol. The zero-order valence-electron chi connectivity index (χ0n) is 3.94. The highest BCUT2D eigenvalue weighted by molar-refractivity contribution is 5.62. The third-order valence-corrected chi connectivity index (χ3v) is 1.98. The Balaban J connectivity index is 2.46. The van der Waals surface area contributed by atoms with Crippen molar-refractivity contribution >= 4 is 0 Å². The molecule has 0 unspecified atom stereocenters. The molecule has 34 valence electrons. The maximum Gasteiger partial charge on any atom is 0.0635 e. The van der Waals surface area contributed by atoms with Crippen LogP contribution in [0.25, 0.3) is 0 Å². The third-order valence-electron chi connectivity index (χ3n) is 1.98. The van der Waals surface area contributed by atoms with Gasteiger partial charge in [0.15, 0.2) is 0 Å². The van der Waals surface area contributed by atoms with E-state index in [1.54, 1.807) is 11.3 Å². The Bertz CT molecular complexity index is 203. The standard InChI is InChI=1S/C6H5N/c1-2-5-4(1)6-3-7(5)6/h2H,1,3H2. The fourth-order valence-corrected chi connectivity index (χ4v) is 1.38. The van der Waals surface area contributed by atoms with E-state index in [0.29, 0.717) is 0 Å². The number of rotatable bonds is 0. The first-order valence-electron chi connectivity index (χ1n) is 2.67. The first-order valence-corrected chi connectivity index (χ1v) is 2.67. The Morgan fingerprint density at radius 2 is 2.57 bits per heavy atom. The van der Waals surface area contributed by atoms with Crippen LogP contribution in [0.2, 0.25) is 0 Å². The molecule has 1 aliphatic carbocycles. The SMILES string of the molecule is C1=C2C(=C3CN23)C1. The maximum absolute atomic E-state index is 2.36. The summed E-state index contributed by atoms with van der Waals surface area (Å²) in [6.45, 7) is 1.27. The normalized spacial score (nSPS) is 29.7. The molecule has 1 saturated heterocycles. The lowest BCUT2D eigenvalue weighted by atomic mass is 9.94. The molecule has 0 bridgehead atoms. The van der Waals surface area contributed by atoms with Crippen LogP contribution in [0.5, 0.6) is 0 Å². The molecule has 0 aromatic rings. The lowest BCUT2D eigenvalue weighted by molar-refractivity contribution is 0.641. The fourth-order valence-electron chi connectivity index (χ4n) is 1.38. The summed E-state index contributed by atoms with van der Waals surface area (Å²) in [5, 5.41) is 0. The number of nitrogens with zero attached hydrogens (tertiary/aromatic N) is 1. The quantitative estimate of drug-likeness (QED) is 0.399. The van der Waals surface area contributed by atoms with Crippen molar-refractivity contribution < 1.29 is 0 Å². The van der Waals surface area contributed by atoms with Gasteiger partial charge in [0, 0.05) is 17.0 Å². The molecule has 2 aliphatic heterocycles. The van der Waals surface area contributed by atoms with Crippen molar-refractivity contribution in [1.82, 2.24) is 4.90 Å². The van der Waals surface area contributed by atoms with E-state index >= 15 is 0 Å². The molecule has 3 rings (SSSR count). The van der Waals surface area contributed by atoms with Gasteiger partial charge in [-0.25, -0.2) is 0 Å². The minimum Gasteiger partial charge on any atom is -0.337 e. The van der Waals surface area contributed by atoms with Gasteiger partial charge in [-0.3, -0.25) is 0 Å². The van der Waals surface area contributed by atoms with E-state index in [0.717, 1.165) is 0 Å². The molecule has 0 amide bonds. The second-order valence-electron chi connectivity index (χ2n) is 2.30. The van der Waals surface area contributed by atoms with Crippen LogP contribution in [-0.4, -0.2) is 11.4 Å². The van der Waals surface area contributed by atoms with Crippen LogP contribution in [0.1, 0.15) is 6.42 Å². The molecule has 0 atom stereocenters. The van der Waals surface area contributed by atoms with E-state index in [1.165, 1.54) is 18.7 Å². The predicted octanol–water partition coefficient (Wildman–Crippen LogP) is 0.857. The van der Waals surface area contributed by atoms with Crippen molar-refractivity contribution in [3.8, 4) is 0 Å². The van der Waals surface area contributed by atoms with Crippen LogP contribution in [0.4, 0.5) is 0 Å². The third kappa shape index (κ3) is 0.114. The summed E-state index contributed by atoms with van der Waals surface area (Å²) in [6, 6.07) is 0. The highest BCUT2D eigenvalue weighted by atomic mass is 15.3. The summed E-state index contributed by atoms with van der Waals surface area (Å²) >= 11 is 0. The second kappa shape index (κ2) is 0.474. The maximum atomic E-state index is 2.36. The number of fused-ring (bicyclic) bond motifs is 3. The Hall–Kier alpha value is -0.720. The van der Waals surface area contributed by atoms with Crippen molar-refractivity contribution in [1.29, 1.82) is 0 Å². The van der Waals surface area contributed by atoms with Crippen LogP contribution < -0.4 is 0 Å². The van der Waals surface area contributed by atoms with Crippen molar-refractivity contribution in [3.63, 3.8) is 0 Å². The van der Waals surface area contributed by atoms with Gasteiger partial charge in [0.2, 0.25) is 0 Å². The van der Waals surface area contributed by atoms with E-state index in [4.69, 9.17) is 0 Å². The summed E-state index contributed by atoms with van der Waals surface area (Å²) in [4.78, 5) is 2.36. The Kier molecular flexibility index (Phi) is 0.173. The van der Waals surface area contributed by atoms with Crippen LogP contribution in [0.15, 0.2) is 23.0 Å². The highest BCUT2D eigenvalue weighted by Crippen LogP contribution is 2.53. The molecule has 1 heteroatoms. The van der Waals surface area contributed by atoms with Gasteiger partial charge in [-0.15, -0.1) is 0 Å². The summed E-state index contributed by atoms with van der Waals surface area (Å²) < 4.78 is 0. The lowest BCUT2D eigenvalue weighted by Gasteiger charge is -2.26. The first-order chi connectivity index (χ1) is 3.47. The first kappa shape index (κ1) is 2.55. The van der Waals surface area contributed by atoms with Gasteiger partial charge >= 0.3 is 0 Å². The Morgan fingerprint density at radius 3 is 2.86 bits per heavy atom. The van der Waals surface area contributed by atoms with Gasteiger partial charge in [-0.05, 0) is 6.42 Å². The van der Waals surface area contributed by atoms with Gasteiger partial charge in [-0.2, -0.15) is 0 Å². The summed E-state index contributed by atoms with van der Waals surface area (Å²) in [5.41, 5.74) is 4.81. The molecule has 0 radical (unpaired) electrons. The Morgan fingerprint density at radius 1 is 1.57 bits per heavy atom.